The van der Waals surface area contributed by atoms with Crippen LogP contribution in [0.4, 0.5) is 0 Å². The molecule has 2 heterocycles. The third-order valence-electron chi connectivity index (χ3n) is 3.02. The Balaban J connectivity index is 2.20. The van der Waals surface area contributed by atoms with Crippen LogP contribution in [0.1, 0.15) is 16.4 Å². The Morgan fingerprint density at radius 2 is 2.16 bits per heavy atom. The van der Waals surface area contributed by atoms with Crippen LogP contribution in [-0.2, 0) is 4.79 Å². The minimum absolute atomic E-state index is 0.104. The van der Waals surface area contributed by atoms with Gasteiger partial charge in [0.05, 0.1) is 0 Å². The number of aromatic nitrogens is 3. The first kappa shape index (κ1) is 13.5. The van der Waals surface area contributed by atoms with Gasteiger partial charge in [-0.3, -0.25) is 14.7 Å². The molecule has 1 atom stereocenters. The number of piperazine rings is 1. The van der Waals surface area contributed by atoms with E-state index >= 15 is 0 Å². The molecule has 1 aliphatic heterocycles. The number of nitrogens with one attached hydrogen (secondary N) is 2. The molecule has 1 aromatic heterocycles. The Morgan fingerprint density at radius 1 is 1.42 bits per heavy atom. The van der Waals surface area contributed by atoms with E-state index in [1.807, 2.05) is 0 Å². The topological polar surface area (TPSA) is 94.2 Å². The van der Waals surface area contributed by atoms with Gasteiger partial charge < -0.3 is 15.1 Å². The van der Waals surface area contributed by atoms with Gasteiger partial charge in [0, 0.05) is 33.7 Å². The molecule has 104 valence electrons. The second kappa shape index (κ2) is 5.35. The van der Waals surface area contributed by atoms with Crippen LogP contribution in [0, 0.1) is 6.92 Å². The number of hydrogen-bond donors (Lipinski definition) is 2. The molecule has 8 heteroatoms. The van der Waals surface area contributed by atoms with Crippen LogP contribution in [-0.4, -0.2) is 76.6 Å². The number of nitrogens with zero attached hydrogens (tertiary/aromatic N) is 4. The van der Waals surface area contributed by atoms with Crippen molar-refractivity contribution in [1.29, 1.82) is 0 Å². The SMILES string of the molecule is Cc1nc(C(=O)N2CCNCC2C(=O)N(C)C)n[nH]1. The predicted molar refractivity (Wildman–Crippen MR) is 67.5 cm³/mol. The average molecular weight is 266 g/mol. The van der Waals surface area contributed by atoms with E-state index < -0.39 is 6.04 Å². The summed E-state index contributed by atoms with van der Waals surface area (Å²) in [5.74, 6) is 0.267. The van der Waals surface area contributed by atoms with E-state index in [2.05, 4.69) is 20.5 Å². The summed E-state index contributed by atoms with van der Waals surface area (Å²) in [7, 11) is 3.35. The molecule has 1 saturated heterocycles. The molecule has 0 aliphatic carbocycles. The number of likely N-dealkylation sites (N-methyl/N-ethyl adjacent to an activating group) is 1. The second-order valence-corrected chi connectivity index (χ2v) is 4.70. The quantitative estimate of drug-likeness (QED) is 0.687. The Morgan fingerprint density at radius 3 is 2.74 bits per heavy atom. The minimum atomic E-state index is -0.505. The zero-order chi connectivity index (χ0) is 14.0. The number of amides is 2. The van der Waals surface area contributed by atoms with Crippen molar-refractivity contribution in [3.05, 3.63) is 11.6 Å². The Labute approximate surface area is 111 Å². The summed E-state index contributed by atoms with van der Waals surface area (Å²) in [6.07, 6.45) is 0. The zero-order valence-corrected chi connectivity index (χ0v) is 11.3. The smallest absolute Gasteiger partial charge is 0.294 e. The van der Waals surface area contributed by atoms with Gasteiger partial charge in [0.1, 0.15) is 11.9 Å². The van der Waals surface area contributed by atoms with Crippen molar-refractivity contribution >= 4 is 11.8 Å². The third-order valence-corrected chi connectivity index (χ3v) is 3.02. The lowest BCUT2D eigenvalue weighted by Gasteiger charge is -2.35. The maximum atomic E-state index is 12.3. The van der Waals surface area contributed by atoms with E-state index in [9.17, 15) is 9.59 Å². The normalized spacial score (nSPS) is 19.3. The molecule has 2 amide bonds. The Hall–Kier alpha value is -1.96. The first-order valence-electron chi connectivity index (χ1n) is 6.12. The fraction of sp³-hybridized carbons (Fsp3) is 0.636. The summed E-state index contributed by atoms with van der Waals surface area (Å²) in [5, 5.41) is 9.61. The fourth-order valence-electron chi connectivity index (χ4n) is 2.03. The molecule has 1 aromatic rings. The number of hydrogen-bond acceptors (Lipinski definition) is 5. The number of aryl methyl sites for hydroxylation is 1. The van der Waals surface area contributed by atoms with Gasteiger partial charge in [-0.05, 0) is 6.92 Å². The molecule has 2 N–H and O–H groups in total. The summed E-state index contributed by atoms with van der Waals surface area (Å²) in [5.41, 5.74) is 0. The van der Waals surface area contributed by atoms with E-state index in [0.717, 1.165) is 0 Å². The van der Waals surface area contributed by atoms with Crippen LogP contribution in [0.2, 0.25) is 0 Å². The largest absolute Gasteiger partial charge is 0.347 e. The van der Waals surface area contributed by atoms with Gasteiger partial charge in [0.2, 0.25) is 11.7 Å². The molecule has 0 spiro atoms. The molecular formula is C11H18N6O2. The highest BCUT2D eigenvalue weighted by Gasteiger charge is 2.34. The van der Waals surface area contributed by atoms with Gasteiger partial charge in [-0.15, -0.1) is 5.10 Å². The molecule has 1 unspecified atom stereocenters. The zero-order valence-electron chi connectivity index (χ0n) is 11.3. The van der Waals surface area contributed by atoms with Crippen LogP contribution in [0.15, 0.2) is 0 Å². The van der Waals surface area contributed by atoms with Crippen molar-refractivity contribution in [3.8, 4) is 0 Å². The van der Waals surface area contributed by atoms with E-state index in [4.69, 9.17) is 0 Å². The number of rotatable bonds is 2. The molecule has 0 bridgehead atoms. The van der Waals surface area contributed by atoms with Crippen molar-refractivity contribution in [2.24, 2.45) is 0 Å². The van der Waals surface area contributed by atoms with E-state index in [-0.39, 0.29) is 17.6 Å². The van der Waals surface area contributed by atoms with E-state index in [0.29, 0.717) is 25.5 Å². The first-order valence-corrected chi connectivity index (χ1v) is 6.12. The third kappa shape index (κ3) is 2.73. The average Bonchev–Trinajstić information content (AvgIpc) is 2.83. The summed E-state index contributed by atoms with van der Waals surface area (Å²) < 4.78 is 0. The second-order valence-electron chi connectivity index (χ2n) is 4.70. The molecule has 2 rings (SSSR count). The fourth-order valence-corrected chi connectivity index (χ4v) is 2.03. The van der Waals surface area contributed by atoms with Gasteiger partial charge in [0.25, 0.3) is 5.91 Å². The van der Waals surface area contributed by atoms with Gasteiger partial charge in [-0.1, -0.05) is 0 Å². The van der Waals surface area contributed by atoms with Gasteiger partial charge in [-0.25, -0.2) is 4.98 Å². The van der Waals surface area contributed by atoms with E-state index in [1.165, 1.54) is 9.80 Å². The number of carbonyl (C=O) groups excluding carboxylic acids is 2. The minimum Gasteiger partial charge on any atom is -0.347 e. The standard InChI is InChI=1S/C11H18N6O2/c1-7-13-9(15-14-7)11(19)17-5-4-12-6-8(17)10(18)16(2)3/h8,12H,4-6H2,1-3H3,(H,13,14,15). The van der Waals surface area contributed by atoms with Crippen LogP contribution in [0.5, 0.6) is 0 Å². The summed E-state index contributed by atoms with van der Waals surface area (Å²) >= 11 is 0. The number of carbonyl (C=O) groups is 2. The van der Waals surface area contributed by atoms with Crippen molar-refractivity contribution in [2.75, 3.05) is 33.7 Å². The molecule has 8 nitrogen and oxygen atoms in total. The summed E-state index contributed by atoms with van der Waals surface area (Å²) in [6.45, 7) is 3.30. The lowest BCUT2D eigenvalue weighted by molar-refractivity contribution is -0.134. The van der Waals surface area contributed by atoms with Crippen molar-refractivity contribution in [2.45, 2.75) is 13.0 Å². The van der Waals surface area contributed by atoms with Crippen LogP contribution in [0.25, 0.3) is 0 Å². The maximum absolute atomic E-state index is 12.3. The molecular weight excluding hydrogens is 248 g/mol. The molecule has 0 saturated carbocycles. The van der Waals surface area contributed by atoms with Crippen LogP contribution >= 0.6 is 0 Å². The highest BCUT2D eigenvalue weighted by molar-refractivity contribution is 5.95. The van der Waals surface area contributed by atoms with Crippen LogP contribution in [0.3, 0.4) is 0 Å². The number of H-pyrrole nitrogens is 1. The van der Waals surface area contributed by atoms with Crippen molar-refractivity contribution in [1.82, 2.24) is 30.3 Å². The van der Waals surface area contributed by atoms with E-state index in [1.54, 1.807) is 21.0 Å². The highest BCUT2D eigenvalue weighted by atomic mass is 16.2. The number of aromatic amines is 1. The van der Waals surface area contributed by atoms with Crippen molar-refractivity contribution in [3.63, 3.8) is 0 Å². The monoisotopic (exact) mass is 266 g/mol. The maximum Gasteiger partial charge on any atom is 0.294 e. The van der Waals surface area contributed by atoms with Gasteiger partial charge >= 0.3 is 0 Å². The summed E-state index contributed by atoms with van der Waals surface area (Å²) in [6, 6.07) is -0.505. The lowest BCUT2D eigenvalue weighted by Crippen LogP contribution is -2.59. The lowest BCUT2D eigenvalue weighted by atomic mass is 10.1. The Bertz CT molecular complexity index is 483. The van der Waals surface area contributed by atoms with Gasteiger partial charge in [-0.2, -0.15) is 0 Å². The summed E-state index contributed by atoms with van der Waals surface area (Å²) in [4.78, 5) is 31.5. The van der Waals surface area contributed by atoms with Gasteiger partial charge in [0.15, 0.2) is 0 Å². The predicted octanol–water partition coefficient (Wildman–Crippen LogP) is -1.38. The molecule has 1 aliphatic rings. The molecule has 0 radical (unpaired) electrons. The molecule has 0 aromatic carbocycles. The highest BCUT2D eigenvalue weighted by Crippen LogP contribution is 2.09. The molecule has 1 fully saturated rings. The Kier molecular flexibility index (Phi) is 3.79. The van der Waals surface area contributed by atoms with Crippen LogP contribution < -0.4 is 5.32 Å². The first-order chi connectivity index (χ1) is 9.00. The van der Waals surface area contributed by atoms with Crippen molar-refractivity contribution < 1.29 is 9.59 Å². The molecule has 19 heavy (non-hydrogen) atoms.